The summed E-state index contributed by atoms with van der Waals surface area (Å²) in [6, 6.07) is 12.6. The summed E-state index contributed by atoms with van der Waals surface area (Å²) >= 11 is 0. The minimum atomic E-state index is -0.932. The van der Waals surface area contributed by atoms with Crippen LogP contribution in [-0.2, 0) is 6.42 Å². The van der Waals surface area contributed by atoms with Gasteiger partial charge in [0.15, 0.2) is 0 Å². The van der Waals surface area contributed by atoms with E-state index in [1.54, 1.807) is 31.4 Å². The summed E-state index contributed by atoms with van der Waals surface area (Å²) in [6.45, 7) is 0. The van der Waals surface area contributed by atoms with Gasteiger partial charge in [-0.25, -0.2) is 4.79 Å². The fourth-order valence-electron chi connectivity index (χ4n) is 2.70. The van der Waals surface area contributed by atoms with E-state index in [4.69, 9.17) is 9.84 Å². The summed E-state index contributed by atoms with van der Waals surface area (Å²) in [5.41, 5.74) is 7.45. The summed E-state index contributed by atoms with van der Waals surface area (Å²) in [5.74, 6) is -0.0692. The number of fused-ring (bicyclic) bond motifs is 1. The molecule has 0 fully saturated rings. The Balaban J connectivity index is 1.80. The molecule has 0 amide bonds. The summed E-state index contributed by atoms with van der Waals surface area (Å²) in [7, 11) is 1.67. The van der Waals surface area contributed by atoms with Crippen molar-refractivity contribution in [3.05, 3.63) is 59.2 Å². The van der Waals surface area contributed by atoms with E-state index in [0.29, 0.717) is 0 Å². The molecule has 0 unspecified atom stereocenters. The quantitative estimate of drug-likeness (QED) is 0.847. The van der Waals surface area contributed by atoms with Crippen molar-refractivity contribution >= 4 is 17.4 Å². The van der Waals surface area contributed by atoms with Crippen molar-refractivity contribution in [2.75, 3.05) is 12.5 Å². The molecule has 5 nitrogen and oxygen atoms in total. The van der Waals surface area contributed by atoms with E-state index in [0.717, 1.165) is 42.0 Å². The van der Waals surface area contributed by atoms with Crippen LogP contribution in [0.2, 0.25) is 0 Å². The van der Waals surface area contributed by atoms with Crippen LogP contribution in [0.25, 0.3) is 0 Å². The minimum absolute atomic E-state index is 0.262. The number of hydrogen-bond donors (Lipinski definition) is 2. The molecular weight excluding hydrogens is 292 g/mol. The Morgan fingerprint density at radius 3 is 2.65 bits per heavy atom. The highest BCUT2D eigenvalue weighted by Crippen LogP contribution is 2.26. The van der Waals surface area contributed by atoms with Crippen molar-refractivity contribution in [1.82, 2.24) is 0 Å². The summed E-state index contributed by atoms with van der Waals surface area (Å²) in [4.78, 5) is 10.8. The van der Waals surface area contributed by atoms with Gasteiger partial charge >= 0.3 is 5.97 Å². The zero-order valence-corrected chi connectivity index (χ0v) is 12.9. The second-order valence-corrected chi connectivity index (χ2v) is 5.43. The van der Waals surface area contributed by atoms with Crippen molar-refractivity contribution in [1.29, 1.82) is 0 Å². The van der Waals surface area contributed by atoms with Crippen LogP contribution in [0.4, 0.5) is 5.69 Å². The lowest BCUT2D eigenvalue weighted by atomic mass is 9.90. The van der Waals surface area contributed by atoms with Gasteiger partial charge in [0.2, 0.25) is 0 Å². The van der Waals surface area contributed by atoms with Gasteiger partial charge < -0.3 is 9.84 Å². The lowest BCUT2D eigenvalue weighted by molar-refractivity contribution is 0.0697. The Bertz CT molecular complexity index is 751. The average molecular weight is 310 g/mol. The van der Waals surface area contributed by atoms with Crippen LogP contribution in [0.5, 0.6) is 5.75 Å². The number of rotatable bonds is 4. The molecule has 1 aliphatic carbocycles. The second kappa shape index (κ2) is 6.52. The average Bonchev–Trinajstić information content (AvgIpc) is 2.59. The molecule has 118 valence electrons. The number of methoxy groups -OCH3 is 1. The van der Waals surface area contributed by atoms with Crippen molar-refractivity contribution in [2.45, 2.75) is 19.3 Å². The maximum absolute atomic E-state index is 10.8. The van der Waals surface area contributed by atoms with Gasteiger partial charge in [-0.05, 0) is 67.3 Å². The van der Waals surface area contributed by atoms with E-state index in [-0.39, 0.29) is 5.56 Å². The van der Waals surface area contributed by atoms with Crippen LogP contribution in [0.1, 0.15) is 34.3 Å². The largest absolute Gasteiger partial charge is 0.497 e. The number of nitrogens with zero attached hydrogens (tertiary/aromatic N) is 1. The Morgan fingerprint density at radius 2 is 1.96 bits per heavy atom. The number of carboxylic acids is 1. The molecule has 0 radical (unpaired) electrons. The van der Waals surface area contributed by atoms with Crippen LogP contribution in [0.3, 0.4) is 0 Å². The van der Waals surface area contributed by atoms with Gasteiger partial charge in [-0.3, -0.25) is 5.43 Å². The first-order valence-electron chi connectivity index (χ1n) is 7.50. The lowest BCUT2D eigenvalue weighted by Gasteiger charge is -2.18. The summed E-state index contributed by atoms with van der Waals surface area (Å²) in [6.07, 6.45) is 3.00. The van der Waals surface area contributed by atoms with Crippen molar-refractivity contribution in [3.63, 3.8) is 0 Å². The molecule has 0 heterocycles. The van der Waals surface area contributed by atoms with E-state index in [2.05, 4.69) is 16.6 Å². The van der Waals surface area contributed by atoms with Gasteiger partial charge in [0, 0.05) is 5.56 Å². The van der Waals surface area contributed by atoms with Crippen LogP contribution >= 0.6 is 0 Å². The van der Waals surface area contributed by atoms with E-state index >= 15 is 0 Å². The fourth-order valence-corrected chi connectivity index (χ4v) is 2.70. The number of benzene rings is 2. The first kappa shape index (κ1) is 15.1. The third-order valence-corrected chi connectivity index (χ3v) is 3.93. The molecule has 0 saturated heterocycles. The number of carboxylic acid groups (broad SMARTS) is 1. The first-order chi connectivity index (χ1) is 11.2. The predicted octanol–water partition coefficient (Wildman–Crippen LogP) is 3.55. The highest BCUT2D eigenvalue weighted by Gasteiger charge is 2.16. The SMILES string of the molecule is COc1ccc2c(c1)CCCC2=NNc1ccc(C(=O)O)cc1. The van der Waals surface area contributed by atoms with Crippen LogP contribution < -0.4 is 10.2 Å². The van der Waals surface area contributed by atoms with Crippen molar-refractivity contribution < 1.29 is 14.6 Å². The highest BCUT2D eigenvalue weighted by molar-refractivity contribution is 6.03. The van der Waals surface area contributed by atoms with Gasteiger partial charge in [0.05, 0.1) is 24.1 Å². The third kappa shape index (κ3) is 3.34. The zero-order valence-electron chi connectivity index (χ0n) is 12.9. The van der Waals surface area contributed by atoms with Gasteiger partial charge in [-0.2, -0.15) is 5.10 Å². The topological polar surface area (TPSA) is 70.9 Å². The number of carbonyl (C=O) groups is 1. The Hall–Kier alpha value is -2.82. The normalized spacial score (nSPS) is 15.1. The maximum Gasteiger partial charge on any atom is 0.335 e. The summed E-state index contributed by atoms with van der Waals surface area (Å²) < 4.78 is 5.27. The molecule has 1 aliphatic rings. The molecule has 23 heavy (non-hydrogen) atoms. The van der Waals surface area contributed by atoms with Crippen LogP contribution in [0, 0.1) is 0 Å². The second-order valence-electron chi connectivity index (χ2n) is 5.43. The summed E-state index contributed by atoms with van der Waals surface area (Å²) in [5, 5.41) is 13.4. The van der Waals surface area contributed by atoms with Crippen molar-refractivity contribution in [2.24, 2.45) is 5.10 Å². The molecule has 2 N–H and O–H groups in total. The zero-order chi connectivity index (χ0) is 16.2. The monoisotopic (exact) mass is 310 g/mol. The molecule has 0 spiro atoms. The highest BCUT2D eigenvalue weighted by atomic mass is 16.5. The molecule has 0 aliphatic heterocycles. The molecular formula is C18H18N2O3. The smallest absolute Gasteiger partial charge is 0.335 e. The Morgan fingerprint density at radius 1 is 1.17 bits per heavy atom. The van der Waals surface area contributed by atoms with E-state index in [1.807, 2.05) is 12.1 Å². The number of hydrazone groups is 1. The molecule has 2 aromatic carbocycles. The van der Waals surface area contributed by atoms with E-state index < -0.39 is 5.97 Å². The third-order valence-electron chi connectivity index (χ3n) is 3.93. The number of hydrogen-bond acceptors (Lipinski definition) is 4. The van der Waals surface area contributed by atoms with Gasteiger partial charge in [0.1, 0.15) is 5.75 Å². The van der Waals surface area contributed by atoms with Gasteiger partial charge in [0.25, 0.3) is 0 Å². The number of anilines is 1. The number of aryl methyl sites for hydroxylation is 1. The number of ether oxygens (including phenoxy) is 1. The Kier molecular flexibility index (Phi) is 4.28. The first-order valence-corrected chi connectivity index (χ1v) is 7.50. The molecule has 0 saturated carbocycles. The molecule has 5 heteroatoms. The van der Waals surface area contributed by atoms with Crippen LogP contribution in [-0.4, -0.2) is 23.9 Å². The van der Waals surface area contributed by atoms with Gasteiger partial charge in [-0.15, -0.1) is 0 Å². The number of nitrogens with one attached hydrogen (secondary N) is 1. The fraction of sp³-hybridized carbons (Fsp3) is 0.222. The molecule has 3 rings (SSSR count). The maximum atomic E-state index is 10.8. The predicted molar refractivity (Wildman–Crippen MR) is 89.5 cm³/mol. The molecule has 2 aromatic rings. The lowest BCUT2D eigenvalue weighted by Crippen LogP contribution is -2.13. The van der Waals surface area contributed by atoms with E-state index in [9.17, 15) is 4.79 Å². The minimum Gasteiger partial charge on any atom is -0.497 e. The number of aromatic carboxylic acids is 1. The Labute approximate surface area is 134 Å². The molecule has 0 bridgehead atoms. The molecule has 0 aromatic heterocycles. The van der Waals surface area contributed by atoms with Gasteiger partial charge in [-0.1, -0.05) is 0 Å². The molecule has 0 atom stereocenters. The van der Waals surface area contributed by atoms with Crippen molar-refractivity contribution in [3.8, 4) is 5.75 Å². The van der Waals surface area contributed by atoms with E-state index in [1.165, 1.54) is 5.56 Å². The standard InChI is InChI=1S/C18H18N2O3/c1-23-15-9-10-16-13(11-15)3-2-4-17(16)20-19-14-7-5-12(6-8-14)18(21)22/h5-11,19H,2-4H2,1H3,(H,21,22). The van der Waals surface area contributed by atoms with Crippen LogP contribution in [0.15, 0.2) is 47.6 Å².